The van der Waals surface area contributed by atoms with Crippen LogP contribution >= 0.6 is 0 Å². The maximum atomic E-state index is 14.4. The van der Waals surface area contributed by atoms with Crippen molar-refractivity contribution in [3.05, 3.63) is 137 Å². The lowest BCUT2D eigenvalue weighted by Crippen LogP contribution is -2.42. The summed E-state index contributed by atoms with van der Waals surface area (Å²) in [4.78, 5) is 28.1. The summed E-state index contributed by atoms with van der Waals surface area (Å²) in [6.07, 6.45) is 0. The van der Waals surface area contributed by atoms with Gasteiger partial charge in [0.05, 0.1) is 6.54 Å². The van der Waals surface area contributed by atoms with Gasteiger partial charge in [-0.15, -0.1) is 0 Å². The smallest absolute Gasteiger partial charge is 0.247 e. The zero-order chi connectivity index (χ0) is 22.1. The van der Waals surface area contributed by atoms with Crippen LogP contribution in [0.1, 0.15) is 39.5 Å². The number of carbonyl (C=O) groups is 2. The largest absolute Gasteiger partial charge is 0.306 e. The second-order valence-electron chi connectivity index (χ2n) is 8.14. The molecule has 0 spiro atoms. The molecule has 1 aliphatic heterocycles. The third kappa shape index (κ3) is 3.05. The molecule has 1 amide bonds. The van der Waals surface area contributed by atoms with Gasteiger partial charge in [0.1, 0.15) is 5.41 Å². The molecule has 1 heterocycles. The molecule has 4 aromatic rings. The highest BCUT2D eigenvalue weighted by atomic mass is 16.2. The van der Waals surface area contributed by atoms with Crippen molar-refractivity contribution in [1.82, 2.24) is 0 Å². The maximum Gasteiger partial charge on any atom is 0.247 e. The molecule has 1 aliphatic rings. The fraction of sp³-hybridized carbons (Fsp3) is 0.103. The van der Waals surface area contributed by atoms with Crippen LogP contribution in [0, 0.1) is 0 Å². The van der Waals surface area contributed by atoms with Crippen molar-refractivity contribution in [1.29, 1.82) is 0 Å². The predicted octanol–water partition coefficient (Wildman–Crippen LogP) is 5.77. The predicted molar refractivity (Wildman–Crippen MR) is 127 cm³/mol. The average Bonchev–Trinajstić information content (AvgIpc) is 3.09. The van der Waals surface area contributed by atoms with E-state index in [1.165, 1.54) is 0 Å². The monoisotopic (exact) mass is 417 g/mol. The summed E-state index contributed by atoms with van der Waals surface area (Å²) in [5, 5.41) is 0. The molecule has 5 rings (SSSR count). The Morgan fingerprint density at radius 2 is 1.28 bits per heavy atom. The second-order valence-corrected chi connectivity index (χ2v) is 8.14. The van der Waals surface area contributed by atoms with Gasteiger partial charge in [0.2, 0.25) is 5.91 Å². The average molecular weight is 418 g/mol. The Bertz CT molecular complexity index is 1280. The number of carbonyl (C=O) groups excluding carboxylic acids is 2. The Labute approximate surface area is 188 Å². The number of ketones is 1. The first-order valence-electron chi connectivity index (χ1n) is 10.7. The molecule has 0 saturated carbocycles. The highest BCUT2D eigenvalue weighted by Crippen LogP contribution is 2.50. The van der Waals surface area contributed by atoms with E-state index in [2.05, 4.69) is 0 Å². The first-order valence-corrected chi connectivity index (χ1v) is 10.7. The highest BCUT2D eigenvalue weighted by Gasteiger charge is 2.53. The normalized spacial score (nSPS) is 17.3. The topological polar surface area (TPSA) is 37.4 Å². The van der Waals surface area contributed by atoms with Crippen molar-refractivity contribution in [3.63, 3.8) is 0 Å². The van der Waals surface area contributed by atoms with Gasteiger partial charge in [0.15, 0.2) is 5.78 Å². The molecule has 156 valence electrons. The summed E-state index contributed by atoms with van der Waals surface area (Å²) < 4.78 is 0. The van der Waals surface area contributed by atoms with E-state index in [1.54, 1.807) is 6.92 Å². The first kappa shape index (κ1) is 20.0. The van der Waals surface area contributed by atoms with Gasteiger partial charge >= 0.3 is 0 Å². The number of nitrogens with zero attached hydrogens (tertiary/aromatic N) is 1. The Morgan fingerprint density at radius 1 is 0.719 bits per heavy atom. The lowest BCUT2D eigenvalue weighted by atomic mass is 9.70. The molecule has 3 heteroatoms. The molecular formula is C29H23NO2. The first-order chi connectivity index (χ1) is 15.6. The number of hydrogen-bond donors (Lipinski definition) is 0. The number of amides is 1. The molecule has 0 radical (unpaired) electrons. The minimum Gasteiger partial charge on any atom is -0.306 e. The lowest BCUT2D eigenvalue weighted by Gasteiger charge is -2.30. The highest BCUT2D eigenvalue weighted by molar-refractivity contribution is 6.13. The van der Waals surface area contributed by atoms with Crippen LogP contribution in [0.25, 0.3) is 0 Å². The van der Waals surface area contributed by atoms with Crippen LogP contribution in [-0.4, -0.2) is 11.7 Å². The van der Waals surface area contributed by atoms with Gasteiger partial charge in [-0.1, -0.05) is 103 Å². The molecule has 32 heavy (non-hydrogen) atoms. The van der Waals surface area contributed by atoms with Gasteiger partial charge in [0, 0.05) is 16.8 Å². The zero-order valence-corrected chi connectivity index (χ0v) is 17.9. The van der Waals surface area contributed by atoms with Crippen LogP contribution in [-0.2, 0) is 16.8 Å². The molecule has 0 N–H and O–H groups in total. The lowest BCUT2D eigenvalue weighted by molar-refractivity contribution is -0.120. The van der Waals surface area contributed by atoms with Crippen molar-refractivity contribution in [3.8, 4) is 0 Å². The van der Waals surface area contributed by atoms with E-state index in [4.69, 9.17) is 0 Å². The quantitative estimate of drug-likeness (QED) is 0.387. The summed E-state index contributed by atoms with van der Waals surface area (Å²) in [6, 6.07) is 35.5. The number of benzene rings is 4. The van der Waals surface area contributed by atoms with Crippen LogP contribution < -0.4 is 4.90 Å². The van der Waals surface area contributed by atoms with E-state index in [-0.39, 0.29) is 11.7 Å². The summed E-state index contributed by atoms with van der Waals surface area (Å²) in [5.74, 6) is 0.0264. The number of para-hydroxylation sites is 1. The van der Waals surface area contributed by atoms with E-state index in [1.807, 2.05) is 114 Å². The SMILES string of the molecule is CC(=O)c1ccc(C2(c3ccccc3)C(=O)N(Cc3ccccc3)c3ccccc32)cc1. The molecule has 1 atom stereocenters. The molecular weight excluding hydrogens is 394 g/mol. The zero-order valence-electron chi connectivity index (χ0n) is 17.9. The number of anilines is 1. The maximum absolute atomic E-state index is 14.4. The van der Waals surface area contributed by atoms with Crippen molar-refractivity contribution >= 4 is 17.4 Å². The molecule has 0 saturated heterocycles. The molecule has 0 aromatic heterocycles. The van der Waals surface area contributed by atoms with Gasteiger partial charge in [-0.25, -0.2) is 0 Å². The van der Waals surface area contributed by atoms with E-state index < -0.39 is 5.41 Å². The fourth-order valence-corrected chi connectivity index (χ4v) is 4.74. The third-order valence-corrected chi connectivity index (χ3v) is 6.28. The van der Waals surface area contributed by atoms with Crippen molar-refractivity contribution in [2.75, 3.05) is 4.90 Å². The van der Waals surface area contributed by atoms with Crippen LogP contribution in [0.15, 0.2) is 109 Å². The summed E-state index contributed by atoms with van der Waals surface area (Å²) in [5.41, 5.74) is 4.40. The Balaban J connectivity index is 1.75. The van der Waals surface area contributed by atoms with Gasteiger partial charge in [0.25, 0.3) is 0 Å². The van der Waals surface area contributed by atoms with Crippen molar-refractivity contribution in [2.24, 2.45) is 0 Å². The molecule has 1 unspecified atom stereocenters. The van der Waals surface area contributed by atoms with Gasteiger partial charge in [-0.3, -0.25) is 9.59 Å². The molecule has 0 fully saturated rings. The minimum absolute atomic E-state index is 0.00849. The van der Waals surface area contributed by atoms with Gasteiger partial charge < -0.3 is 4.90 Å². The number of fused-ring (bicyclic) bond motifs is 1. The third-order valence-electron chi connectivity index (χ3n) is 6.28. The van der Waals surface area contributed by atoms with Crippen molar-refractivity contribution < 1.29 is 9.59 Å². The van der Waals surface area contributed by atoms with Crippen LogP contribution in [0.3, 0.4) is 0 Å². The van der Waals surface area contributed by atoms with E-state index in [0.717, 1.165) is 27.9 Å². The summed E-state index contributed by atoms with van der Waals surface area (Å²) in [7, 11) is 0. The van der Waals surface area contributed by atoms with E-state index in [9.17, 15) is 9.59 Å². The van der Waals surface area contributed by atoms with Gasteiger partial charge in [-0.2, -0.15) is 0 Å². The Hall–Kier alpha value is -3.98. The second kappa shape index (κ2) is 7.93. The van der Waals surface area contributed by atoms with E-state index in [0.29, 0.717) is 12.1 Å². The standard InChI is InChI=1S/C29H23NO2/c1-21(31)23-16-18-25(19-17-23)29(24-12-6-3-7-13-24)26-14-8-9-15-27(26)30(28(29)32)20-22-10-4-2-5-11-22/h2-19H,20H2,1H3. The summed E-state index contributed by atoms with van der Waals surface area (Å²) in [6.45, 7) is 2.05. The fourth-order valence-electron chi connectivity index (χ4n) is 4.74. The van der Waals surface area contributed by atoms with Gasteiger partial charge in [-0.05, 0) is 29.7 Å². The number of rotatable bonds is 5. The Kier molecular flexibility index (Phi) is 4.95. The van der Waals surface area contributed by atoms with Crippen LogP contribution in [0.2, 0.25) is 0 Å². The molecule has 3 nitrogen and oxygen atoms in total. The van der Waals surface area contributed by atoms with Crippen LogP contribution in [0.5, 0.6) is 0 Å². The Morgan fingerprint density at radius 3 is 1.94 bits per heavy atom. The van der Waals surface area contributed by atoms with Crippen molar-refractivity contribution in [2.45, 2.75) is 18.9 Å². The van der Waals surface area contributed by atoms with E-state index >= 15 is 0 Å². The molecule has 4 aromatic carbocycles. The number of Topliss-reactive ketones (excluding diaryl/α,β-unsaturated/α-hetero) is 1. The minimum atomic E-state index is -0.970. The van der Waals surface area contributed by atoms with Crippen LogP contribution in [0.4, 0.5) is 5.69 Å². The molecule has 0 bridgehead atoms. The summed E-state index contributed by atoms with van der Waals surface area (Å²) >= 11 is 0. The number of hydrogen-bond acceptors (Lipinski definition) is 2. The molecule has 0 aliphatic carbocycles.